The van der Waals surface area contributed by atoms with E-state index in [9.17, 15) is 136 Å². The van der Waals surface area contributed by atoms with Crippen molar-refractivity contribution in [1.29, 1.82) is 0 Å². The zero-order chi connectivity index (χ0) is 103. The predicted molar refractivity (Wildman–Crippen MR) is 492 cm³/mol. The summed E-state index contributed by atoms with van der Waals surface area (Å²) in [7, 11) is 0. The van der Waals surface area contributed by atoms with Crippen molar-refractivity contribution in [2.24, 2.45) is 0 Å². The molecule has 0 aromatic carbocycles. The van der Waals surface area contributed by atoms with Crippen LogP contribution in [-0.2, 0) is 90.3 Å². The van der Waals surface area contributed by atoms with Crippen LogP contribution < -0.4 is 21.3 Å². The fourth-order valence-electron chi connectivity index (χ4n) is 19.0. The Balaban J connectivity index is 1.08. The van der Waals surface area contributed by atoms with Gasteiger partial charge in [-0.25, -0.2) is 4.79 Å². The molecule has 45 heteroatoms. The summed E-state index contributed by atoms with van der Waals surface area (Å²) in [4.78, 5) is 65.1. The molecule has 0 radical (unpaired) electrons. The largest absolute Gasteiger partial charge is 0.477 e. The molecule has 0 spiro atoms. The van der Waals surface area contributed by atoms with Crippen LogP contribution in [0.15, 0.2) is 12.2 Å². The molecular formula is C95H170N4O41. The molecule has 7 fully saturated rings. The summed E-state index contributed by atoms with van der Waals surface area (Å²) >= 11 is 0. The van der Waals surface area contributed by atoms with Crippen LogP contribution in [0.5, 0.6) is 0 Å². The third kappa shape index (κ3) is 37.5. The molecule has 140 heavy (non-hydrogen) atoms. The first-order chi connectivity index (χ1) is 67.1. The lowest BCUT2D eigenvalue weighted by atomic mass is 9.88. The van der Waals surface area contributed by atoms with Crippen molar-refractivity contribution >= 4 is 29.6 Å². The lowest BCUT2D eigenvalue weighted by Crippen LogP contribution is -2.71. The topological polar surface area (TPSA) is 708 Å². The molecular weight excluding hydrogens is 1850 g/mol. The molecule has 0 aromatic rings. The maximum atomic E-state index is 13.8. The SMILES string of the molecule is CCCCCCCCCCCCC/C=C/[C@@H](O)[C@H](CO[C@@H]1OC(CO)[C@@H](O[C@@H]2OC(CO[C@@H]3OC(CO)[C@@H](O[C@@H]4OC(CO)[C@H](O)[C@H](O[C@]5(C(=O)O)CC(O)[C@@H](NC(C)=O)C([C@H](O)[C@H](O)CO)O5)C4O)[C@H](O)C3NC(C)=O)[C@H](O)[C@H](O[C@H]3OC(CO)[C@H](O)[C@H](O[C@@H]4OC(CO)[C@H](O)[C@H](O)C4NC(C)=O)C3O)C2O)[C@H](O)C1O)NC(=O)CCCCCCCCCCCCCCCCCCCCCCCCC. The standard InChI is InChI=1S/C95H170N4O41/c1-6-8-10-12-14-16-18-20-21-22-23-24-25-26-27-28-29-31-33-35-37-39-41-43-66(112)99-56(57(109)42-40-38-36-34-32-30-19-17-15-13-11-9-7-2)51-127-90-78(121)77(120)83(64(50-105)133-90)136-92-80(123)86(138-91-79(122)85(72(115)61(47-102)130-91)137-89-68(97-54(4)107)75(118)71(114)60(46-101)129-89)74(117)65(134-92)52-128-88-69(98-55(5)108)76(119)82(63(49-104)132-88)135-93-81(124)87(73(116)62(48-103)131-93)140-95(94(125)126)44-58(110)67(96-53(3)106)84(139-95)70(113)59(111)45-100/h40,42,56-65,67-93,100-105,109-111,113-124H,6-39,41,43-52H2,1-5H3,(H,96,106)(H,97,107)(H,98,108)(H,99,112)(H,125,126)/b42-40+/t56-,57+,58?,59+,60?,61?,62?,63?,64?,65?,67+,68?,69?,70+,71-,72-,73-,74-,75+,76+,77+,78?,79?,80?,81?,82+,83+,84?,85-,86-,87-,88+,89-,90+,91+,92-,93-,95-/m0/s1. The van der Waals surface area contributed by atoms with E-state index in [1.807, 2.05) is 0 Å². The number of hydrogen-bond acceptors (Lipinski definition) is 40. The number of aliphatic hydroxyl groups excluding tert-OH is 21. The number of carboxylic acids is 1. The van der Waals surface area contributed by atoms with E-state index in [0.717, 1.165) is 85.0 Å². The Labute approximate surface area is 819 Å². The van der Waals surface area contributed by atoms with E-state index in [-0.39, 0.29) is 6.42 Å². The smallest absolute Gasteiger partial charge is 0.364 e. The van der Waals surface area contributed by atoms with Crippen molar-refractivity contribution in [2.75, 3.05) is 52.9 Å². The van der Waals surface area contributed by atoms with Crippen LogP contribution in [0, 0.1) is 0 Å². The van der Waals surface area contributed by atoms with Gasteiger partial charge in [0.15, 0.2) is 37.7 Å². The number of carbonyl (C=O) groups excluding carboxylic acids is 4. The van der Waals surface area contributed by atoms with Gasteiger partial charge in [0.25, 0.3) is 5.79 Å². The summed E-state index contributed by atoms with van der Waals surface area (Å²) in [6, 6.07) is -6.51. The fourth-order valence-corrected chi connectivity index (χ4v) is 19.0. The Morgan fingerprint density at radius 2 is 0.743 bits per heavy atom. The molecule has 7 aliphatic heterocycles. The van der Waals surface area contributed by atoms with Crippen molar-refractivity contribution in [3.8, 4) is 0 Å². The molecule has 0 bridgehead atoms. The summed E-state index contributed by atoms with van der Waals surface area (Å²) in [5, 5.41) is 259. The Hall–Kier alpha value is -4.31. The Bertz CT molecular complexity index is 3450. The highest BCUT2D eigenvalue weighted by atomic mass is 16.8. The molecule has 45 nitrogen and oxygen atoms in total. The summed E-state index contributed by atoms with van der Waals surface area (Å²) in [5.74, 6) is -8.38. The third-order valence-corrected chi connectivity index (χ3v) is 27.2. The molecule has 0 saturated carbocycles. The molecule has 0 aromatic heterocycles. The van der Waals surface area contributed by atoms with Crippen LogP contribution in [0.3, 0.4) is 0 Å². The Morgan fingerprint density at radius 3 is 1.19 bits per heavy atom. The van der Waals surface area contributed by atoms with E-state index in [1.54, 1.807) is 6.08 Å². The fraction of sp³-hybridized carbons (Fsp3) is 0.926. The van der Waals surface area contributed by atoms with Gasteiger partial charge in [-0.05, 0) is 19.3 Å². The number of carboxylic acid groups (broad SMARTS) is 1. The second kappa shape index (κ2) is 64.8. The number of carbonyl (C=O) groups is 5. The number of nitrogens with one attached hydrogen (secondary N) is 4. The van der Waals surface area contributed by atoms with E-state index < -0.39 is 321 Å². The lowest BCUT2D eigenvalue weighted by Gasteiger charge is -2.51. The molecule has 0 aliphatic carbocycles. The average Bonchev–Trinajstić information content (AvgIpc) is 0.747. The van der Waals surface area contributed by atoms with E-state index in [0.29, 0.717) is 12.8 Å². The number of unbranched alkanes of at least 4 members (excludes halogenated alkanes) is 33. The van der Waals surface area contributed by atoms with Crippen molar-refractivity contribution in [2.45, 2.75) is 505 Å². The van der Waals surface area contributed by atoms with Gasteiger partial charge in [0.2, 0.25) is 23.6 Å². The highest BCUT2D eigenvalue weighted by Crippen LogP contribution is 2.42. The summed E-state index contributed by atoms with van der Waals surface area (Å²) in [5.41, 5.74) is 0. The van der Waals surface area contributed by atoms with Crippen LogP contribution >= 0.6 is 0 Å². The van der Waals surface area contributed by atoms with Crippen molar-refractivity contribution in [1.82, 2.24) is 21.3 Å². The van der Waals surface area contributed by atoms with Crippen LogP contribution in [0.2, 0.25) is 0 Å². The lowest BCUT2D eigenvalue weighted by molar-refractivity contribution is -0.392. The van der Waals surface area contributed by atoms with Crippen molar-refractivity contribution < 1.29 is 203 Å². The van der Waals surface area contributed by atoms with Gasteiger partial charge in [-0.1, -0.05) is 231 Å². The van der Waals surface area contributed by atoms with Crippen molar-refractivity contribution in [3.05, 3.63) is 12.2 Å². The predicted octanol–water partition coefficient (Wildman–Crippen LogP) is -2.13. The van der Waals surface area contributed by atoms with Gasteiger partial charge in [-0.15, -0.1) is 0 Å². The monoisotopic (exact) mass is 2020 g/mol. The molecule has 14 unspecified atom stereocenters. The quantitative estimate of drug-likeness (QED) is 0.0228. The number of rotatable bonds is 67. The molecule has 7 aliphatic rings. The van der Waals surface area contributed by atoms with Crippen molar-refractivity contribution in [3.63, 3.8) is 0 Å². The first kappa shape index (κ1) is 123. The molecule has 7 heterocycles. The van der Waals surface area contributed by atoms with Crippen LogP contribution in [0.25, 0.3) is 0 Å². The molecule has 816 valence electrons. The minimum Gasteiger partial charge on any atom is -0.477 e. The van der Waals surface area contributed by atoms with E-state index in [2.05, 4.69) is 35.1 Å². The highest BCUT2D eigenvalue weighted by Gasteiger charge is 2.62. The van der Waals surface area contributed by atoms with Gasteiger partial charge in [-0.3, -0.25) is 19.2 Å². The molecule has 7 saturated heterocycles. The summed E-state index contributed by atoms with van der Waals surface area (Å²) < 4.78 is 83.7. The Kier molecular flexibility index (Phi) is 56.8. The number of allylic oxidation sites excluding steroid dienone is 1. The van der Waals surface area contributed by atoms with E-state index >= 15 is 0 Å². The first-order valence-electron chi connectivity index (χ1n) is 51.1. The minimum absolute atomic E-state index is 0.108. The zero-order valence-electron chi connectivity index (χ0n) is 81.9. The van der Waals surface area contributed by atoms with E-state index in [4.69, 9.17) is 66.3 Å². The number of aliphatic hydroxyl groups is 21. The van der Waals surface area contributed by atoms with Gasteiger partial charge in [0, 0.05) is 33.6 Å². The van der Waals surface area contributed by atoms with Crippen LogP contribution in [0.1, 0.15) is 272 Å². The summed E-state index contributed by atoms with van der Waals surface area (Å²) in [6.45, 7) is -0.912. The second-order valence-electron chi connectivity index (χ2n) is 38.5. The molecule has 7 rings (SSSR count). The first-order valence-corrected chi connectivity index (χ1v) is 51.1. The molecule has 4 amide bonds. The number of aliphatic carboxylic acids is 1. The van der Waals surface area contributed by atoms with Gasteiger partial charge >= 0.3 is 5.97 Å². The maximum Gasteiger partial charge on any atom is 0.364 e. The van der Waals surface area contributed by atoms with Gasteiger partial charge in [0.05, 0.1) is 77.1 Å². The van der Waals surface area contributed by atoms with Crippen LogP contribution in [-0.4, -0.2) is 427 Å². The second-order valence-corrected chi connectivity index (χ2v) is 38.5. The molecule has 26 N–H and O–H groups in total. The maximum absolute atomic E-state index is 13.8. The highest BCUT2D eigenvalue weighted by molar-refractivity contribution is 5.77. The number of hydrogen-bond donors (Lipinski definition) is 26. The zero-order valence-corrected chi connectivity index (χ0v) is 81.9. The van der Waals surface area contributed by atoms with Gasteiger partial charge in [-0.2, -0.15) is 0 Å². The summed E-state index contributed by atoms with van der Waals surface area (Å²) in [6.07, 6.45) is -25.9. The minimum atomic E-state index is -3.26. The number of ether oxygens (including phenoxy) is 14. The third-order valence-electron chi connectivity index (χ3n) is 27.2. The van der Waals surface area contributed by atoms with Gasteiger partial charge in [0.1, 0.15) is 165 Å². The van der Waals surface area contributed by atoms with Gasteiger partial charge < -0.3 is 200 Å². The normalized spacial score (nSPS) is 35.9. The number of amides is 4. The Morgan fingerprint density at radius 1 is 0.379 bits per heavy atom. The molecule has 38 atom stereocenters. The van der Waals surface area contributed by atoms with E-state index in [1.165, 1.54) is 154 Å². The van der Waals surface area contributed by atoms with Crippen LogP contribution in [0.4, 0.5) is 0 Å². The average molecular weight is 2020 g/mol.